The Morgan fingerprint density at radius 1 is 1.08 bits per heavy atom. The van der Waals surface area contributed by atoms with Crippen LogP contribution >= 0.6 is 0 Å². The molecule has 1 aliphatic rings. The van der Waals surface area contributed by atoms with Crippen LogP contribution in [0.2, 0.25) is 0 Å². The number of hydrogen-bond acceptors (Lipinski definition) is 4. The van der Waals surface area contributed by atoms with Crippen LogP contribution < -0.4 is 0 Å². The Kier molecular flexibility index (Phi) is 2.24. The van der Waals surface area contributed by atoms with Crippen molar-refractivity contribution in [2.24, 2.45) is 0 Å². The van der Waals surface area contributed by atoms with Crippen LogP contribution in [-0.4, -0.2) is 33.6 Å². The number of aliphatic hydroxyl groups excluding tert-OH is 2. The largest absolute Gasteiger partial charge is 0.396 e. The number of hydrogen-bond donors (Lipinski definition) is 2. The number of fused-ring (bicyclic) bond motifs is 1. The number of aromatic nitrogens is 2. The molecule has 4 nitrogen and oxygen atoms in total. The lowest BCUT2D eigenvalue weighted by atomic mass is 10.0. The van der Waals surface area contributed by atoms with Gasteiger partial charge in [0.15, 0.2) is 0 Å². The first-order valence-corrected chi connectivity index (χ1v) is 4.39. The summed E-state index contributed by atoms with van der Waals surface area (Å²) in [7, 11) is 0. The Morgan fingerprint density at radius 3 is 1.92 bits per heavy atom. The zero-order valence-corrected chi connectivity index (χ0v) is 7.22. The minimum Gasteiger partial charge on any atom is -0.396 e. The topological polar surface area (TPSA) is 66.2 Å². The van der Waals surface area contributed by atoms with Gasteiger partial charge < -0.3 is 10.2 Å². The second-order valence-electron chi connectivity index (χ2n) is 3.39. The summed E-state index contributed by atoms with van der Waals surface area (Å²) in [5, 5.41) is 25.8. The van der Waals surface area contributed by atoms with Crippen molar-refractivity contribution in [3.63, 3.8) is 0 Å². The van der Waals surface area contributed by atoms with E-state index in [0.29, 0.717) is 0 Å². The Hall–Kier alpha value is -1.00. The Balaban J connectivity index is 2.38. The number of aliphatic hydroxyl groups is 2. The lowest BCUT2D eigenvalue weighted by Gasteiger charge is -2.05. The molecule has 0 radical (unpaired) electrons. The van der Waals surface area contributed by atoms with Crippen molar-refractivity contribution in [2.75, 3.05) is 13.2 Å². The van der Waals surface area contributed by atoms with Gasteiger partial charge >= 0.3 is 0 Å². The van der Waals surface area contributed by atoms with Crippen molar-refractivity contribution in [1.82, 2.24) is 10.2 Å². The third kappa shape index (κ3) is 1.32. The monoisotopic (exact) mass is 180 g/mol. The summed E-state index contributed by atoms with van der Waals surface area (Å²) in [5.41, 5.74) is 2.08. The van der Waals surface area contributed by atoms with Crippen LogP contribution in [0.4, 0.5) is 0 Å². The molecule has 13 heavy (non-hydrogen) atoms. The van der Waals surface area contributed by atoms with Crippen LogP contribution in [0.3, 0.4) is 0 Å². The summed E-state index contributed by atoms with van der Waals surface area (Å²) in [6.45, 7) is 0.240. The molecule has 4 heteroatoms. The SMILES string of the molecule is OC[C@@H]1C[C@H](CO)c2cnncc21. The molecule has 2 N–H and O–H groups in total. The van der Waals surface area contributed by atoms with Gasteiger partial charge in [0.1, 0.15) is 0 Å². The van der Waals surface area contributed by atoms with Crippen LogP contribution in [0.25, 0.3) is 0 Å². The predicted octanol–water partition coefficient (Wildman–Crippen LogP) is 0.0321. The van der Waals surface area contributed by atoms with Crippen molar-refractivity contribution < 1.29 is 10.2 Å². The van der Waals surface area contributed by atoms with E-state index in [1.807, 2.05) is 0 Å². The van der Waals surface area contributed by atoms with Gasteiger partial charge in [-0.1, -0.05) is 0 Å². The highest BCUT2D eigenvalue weighted by molar-refractivity contribution is 5.34. The van der Waals surface area contributed by atoms with Gasteiger partial charge in [0.25, 0.3) is 0 Å². The third-order valence-electron chi connectivity index (χ3n) is 2.68. The molecule has 0 unspecified atom stereocenters. The van der Waals surface area contributed by atoms with Crippen LogP contribution in [0.1, 0.15) is 29.4 Å². The Bertz CT molecular complexity index is 274. The van der Waals surface area contributed by atoms with E-state index >= 15 is 0 Å². The number of nitrogens with zero attached hydrogens (tertiary/aromatic N) is 2. The molecule has 1 aromatic heterocycles. The van der Waals surface area contributed by atoms with Gasteiger partial charge in [0.2, 0.25) is 0 Å². The molecule has 0 aliphatic heterocycles. The zero-order chi connectivity index (χ0) is 9.26. The highest BCUT2D eigenvalue weighted by Gasteiger charge is 2.30. The molecule has 2 rings (SSSR count). The van der Waals surface area contributed by atoms with E-state index in [1.54, 1.807) is 12.4 Å². The molecule has 0 aromatic carbocycles. The van der Waals surface area contributed by atoms with Gasteiger partial charge in [-0.15, -0.1) is 0 Å². The maximum Gasteiger partial charge on any atom is 0.0534 e. The fourth-order valence-corrected chi connectivity index (χ4v) is 1.97. The van der Waals surface area contributed by atoms with E-state index in [1.165, 1.54) is 0 Å². The van der Waals surface area contributed by atoms with E-state index in [2.05, 4.69) is 10.2 Å². The van der Waals surface area contributed by atoms with Crippen LogP contribution in [0, 0.1) is 0 Å². The molecule has 0 bridgehead atoms. The average molecular weight is 180 g/mol. The minimum atomic E-state index is 0.120. The summed E-state index contributed by atoms with van der Waals surface area (Å²) in [6.07, 6.45) is 4.17. The molecule has 0 saturated carbocycles. The van der Waals surface area contributed by atoms with Crippen molar-refractivity contribution in [1.29, 1.82) is 0 Å². The van der Waals surface area contributed by atoms with Gasteiger partial charge in [0.05, 0.1) is 25.6 Å². The van der Waals surface area contributed by atoms with Gasteiger partial charge in [-0.3, -0.25) is 0 Å². The smallest absolute Gasteiger partial charge is 0.0534 e. The molecule has 0 amide bonds. The zero-order valence-electron chi connectivity index (χ0n) is 7.22. The normalized spacial score (nSPS) is 26.0. The molecular weight excluding hydrogens is 168 g/mol. The first-order chi connectivity index (χ1) is 6.36. The lowest BCUT2D eigenvalue weighted by Crippen LogP contribution is -2.01. The first-order valence-electron chi connectivity index (χ1n) is 4.39. The standard InChI is InChI=1S/C9H12N2O2/c12-4-6-1-7(5-13)9-3-11-10-2-8(6)9/h2-3,6-7,12-13H,1,4-5H2/t6-,7+. The van der Waals surface area contributed by atoms with Crippen molar-refractivity contribution >= 4 is 0 Å². The predicted molar refractivity (Wildman–Crippen MR) is 46.3 cm³/mol. The summed E-state index contributed by atoms with van der Waals surface area (Å²) >= 11 is 0. The molecule has 0 fully saturated rings. The summed E-state index contributed by atoms with van der Waals surface area (Å²) < 4.78 is 0. The third-order valence-corrected chi connectivity index (χ3v) is 2.68. The van der Waals surface area contributed by atoms with E-state index in [9.17, 15) is 0 Å². The summed E-state index contributed by atoms with van der Waals surface area (Å²) in [4.78, 5) is 0. The molecular formula is C9H12N2O2. The van der Waals surface area contributed by atoms with Gasteiger partial charge in [-0.2, -0.15) is 10.2 Å². The number of rotatable bonds is 2. The van der Waals surface area contributed by atoms with Crippen LogP contribution in [0.5, 0.6) is 0 Å². The summed E-state index contributed by atoms with van der Waals surface area (Å²) in [5.74, 6) is 0.255. The molecule has 1 aromatic rings. The van der Waals surface area contributed by atoms with Crippen molar-refractivity contribution in [3.8, 4) is 0 Å². The van der Waals surface area contributed by atoms with E-state index in [-0.39, 0.29) is 25.0 Å². The van der Waals surface area contributed by atoms with Gasteiger partial charge in [-0.25, -0.2) is 0 Å². The van der Waals surface area contributed by atoms with E-state index < -0.39 is 0 Å². The molecule has 0 spiro atoms. The lowest BCUT2D eigenvalue weighted by molar-refractivity contribution is 0.234. The quantitative estimate of drug-likeness (QED) is 0.674. The highest BCUT2D eigenvalue weighted by atomic mass is 16.3. The second kappa shape index (κ2) is 3.40. The fourth-order valence-electron chi connectivity index (χ4n) is 1.97. The van der Waals surface area contributed by atoms with Crippen LogP contribution in [0.15, 0.2) is 12.4 Å². The first kappa shape index (κ1) is 8.59. The van der Waals surface area contributed by atoms with Gasteiger partial charge in [-0.05, 0) is 17.5 Å². The summed E-state index contributed by atoms with van der Waals surface area (Å²) in [6, 6.07) is 0. The van der Waals surface area contributed by atoms with E-state index in [4.69, 9.17) is 10.2 Å². The molecule has 2 atom stereocenters. The average Bonchev–Trinajstić information content (AvgIpc) is 2.56. The Morgan fingerprint density at radius 2 is 1.54 bits per heavy atom. The highest BCUT2D eigenvalue weighted by Crippen LogP contribution is 2.39. The fraction of sp³-hybridized carbons (Fsp3) is 0.556. The maximum atomic E-state index is 9.10. The van der Waals surface area contributed by atoms with Crippen molar-refractivity contribution in [2.45, 2.75) is 18.3 Å². The van der Waals surface area contributed by atoms with E-state index in [0.717, 1.165) is 17.5 Å². The maximum absolute atomic E-state index is 9.10. The van der Waals surface area contributed by atoms with Crippen LogP contribution in [-0.2, 0) is 0 Å². The molecule has 1 aliphatic carbocycles. The molecule has 70 valence electrons. The second-order valence-corrected chi connectivity index (χ2v) is 3.39. The van der Waals surface area contributed by atoms with Crippen molar-refractivity contribution in [3.05, 3.63) is 23.5 Å². The Labute approximate surface area is 76.2 Å². The molecule has 0 saturated heterocycles. The van der Waals surface area contributed by atoms with Gasteiger partial charge in [0, 0.05) is 11.8 Å². The minimum absolute atomic E-state index is 0.120. The molecule has 1 heterocycles.